The molecule has 1 aromatic heterocycles. The van der Waals surface area contributed by atoms with Gasteiger partial charge in [-0.1, -0.05) is 23.7 Å². The maximum atomic E-state index is 12.7. The number of nitrogens with one attached hydrogen (secondary N) is 1. The van der Waals surface area contributed by atoms with Gasteiger partial charge in [-0.25, -0.2) is 8.42 Å². The van der Waals surface area contributed by atoms with Gasteiger partial charge >= 0.3 is 0 Å². The molecule has 0 aliphatic heterocycles. The molecule has 6 nitrogen and oxygen atoms in total. The van der Waals surface area contributed by atoms with Crippen LogP contribution in [0.15, 0.2) is 76.2 Å². The number of sulfonamides is 1. The molecule has 3 aromatic rings. The molecule has 0 bridgehead atoms. The van der Waals surface area contributed by atoms with Crippen molar-refractivity contribution in [3.05, 3.63) is 88.8 Å². The first-order valence-corrected chi connectivity index (χ1v) is 11.3. The summed E-state index contributed by atoms with van der Waals surface area (Å²) in [5.41, 5.74) is 1.31. The number of carbonyl (C=O) groups excluding carboxylic acids is 1. The van der Waals surface area contributed by atoms with E-state index in [4.69, 9.17) is 16.0 Å². The Morgan fingerprint density at radius 2 is 1.77 bits per heavy atom. The van der Waals surface area contributed by atoms with Gasteiger partial charge in [-0.15, -0.1) is 0 Å². The second kappa shape index (κ2) is 9.93. The van der Waals surface area contributed by atoms with Gasteiger partial charge in [-0.2, -0.15) is 4.31 Å². The number of nitrogens with zero attached hydrogens (tertiary/aromatic N) is 1. The summed E-state index contributed by atoms with van der Waals surface area (Å²) in [5.74, 6) is 0.731. The Bertz CT molecular complexity index is 1060. The molecule has 0 aliphatic carbocycles. The lowest BCUT2D eigenvalue weighted by molar-refractivity contribution is 0.0953. The molecule has 3 rings (SSSR count). The van der Waals surface area contributed by atoms with Gasteiger partial charge in [-0.05, 0) is 60.5 Å². The molecule has 0 fully saturated rings. The fourth-order valence-electron chi connectivity index (χ4n) is 2.91. The summed E-state index contributed by atoms with van der Waals surface area (Å²) in [6.07, 6.45) is 3.18. The maximum Gasteiger partial charge on any atom is 0.251 e. The molecule has 0 spiro atoms. The Balaban J connectivity index is 1.53. The minimum absolute atomic E-state index is 0.164. The summed E-state index contributed by atoms with van der Waals surface area (Å²) in [6.45, 7) is 0.735. The minimum Gasteiger partial charge on any atom is -0.469 e. The summed E-state index contributed by atoms with van der Waals surface area (Å²) < 4.78 is 31.9. The fourth-order valence-corrected chi connectivity index (χ4v) is 4.20. The first-order valence-electron chi connectivity index (χ1n) is 9.48. The Labute approximate surface area is 181 Å². The van der Waals surface area contributed by atoms with Gasteiger partial charge in [-0.3, -0.25) is 4.79 Å². The van der Waals surface area contributed by atoms with Gasteiger partial charge in [0.2, 0.25) is 10.0 Å². The van der Waals surface area contributed by atoms with Crippen LogP contribution in [0.5, 0.6) is 0 Å². The molecule has 1 N–H and O–H groups in total. The van der Waals surface area contributed by atoms with Crippen molar-refractivity contribution in [3.8, 4) is 0 Å². The first-order chi connectivity index (χ1) is 14.4. The zero-order chi connectivity index (χ0) is 21.6. The fraction of sp³-hybridized carbons (Fsp3) is 0.227. The van der Waals surface area contributed by atoms with Gasteiger partial charge in [0.15, 0.2) is 0 Å². The van der Waals surface area contributed by atoms with Crippen molar-refractivity contribution in [2.45, 2.75) is 24.3 Å². The number of rotatable bonds is 9. The van der Waals surface area contributed by atoms with E-state index >= 15 is 0 Å². The van der Waals surface area contributed by atoms with E-state index in [0.29, 0.717) is 17.1 Å². The summed E-state index contributed by atoms with van der Waals surface area (Å²) in [7, 11) is -2.11. The van der Waals surface area contributed by atoms with Crippen LogP contribution < -0.4 is 5.32 Å². The van der Waals surface area contributed by atoms with Gasteiger partial charge in [0.1, 0.15) is 5.76 Å². The molecule has 0 saturated heterocycles. The second-order valence-electron chi connectivity index (χ2n) is 6.85. The van der Waals surface area contributed by atoms with Crippen LogP contribution in [-0.4, -0.2) is 32.2 Å². The molecule has 30 heavy (non-hydrogen) atoms. The van der Waals surface area contributed by atoms with Gasteiger partial charge in [0.25, 0.3) is 5.91 Å². The van der Waals surface area contributed by atoms with Crippen molar-refractivity contribution < 1.29 is 17.6 Å². The lowest BCUT2D eigenvalue weighted by Gasteiger charge is -2.17. The number of carbonyl (C=O) groups is 1. The monoisotopic (exact) mass is 446 g/mol. The van der Waals surface area contributed by atoms with Crippen molar-refractivity contribution in [2.24, 2.45) is 0 Å². The van der Waals surface area contributed by atoms with Gasteiger partial charge in [0.05, 0.1) is 11.2 Å². The Kier molecular flexibility index (Phi) is 7.31. The predicted molar refractivity (Wildman–Crippen MR) is 116 cm³/mol. The molecular formula is C22H23ClN2O4S. The van der Waals surface area contributed by atoms with Crippen LogP contribution in [0.4, 0.5) is 0 Å². The summed E-state index contributed by atoms with van der Waals surface area (Å²) in [6, 6.07) is 16.7. The van der Waals surface area contributed by atoms with E-state index in [2.05, 4.69) is 5.32 Å². The molecular weight excluding hydrogens is 424 g/mol. The summed E-state index contributed by atoms with van der Waals surface area (Å²) in [4.78, 5) is 12.4. The Hall–Kier alpha value is -2.61. The summed E-state index contributed by atoms with van der Waals surface area (Å²) >= 11 is 5.83. The minimum atomic E-state index is -3.63. The van der Waals surface area contributed by atoms with Crippen molar-refractivity contribution in [2.75, 3.05) is 13.6 Å². The van der Waals surface area contributed by atoms with Crippen molar-refractivity contribution >= 4 is 27.5 Å². The largest absolute Gasteiger partial charge is 0.469 e. The Morgan fingerprint density at radius 3 is 2.40 bits per heavy atom. The number of hydrogen-bond acceptors (Lipinski definition) is 4. The molecule has 1 heterocycles. The summed E-state index contributed by atoms with van der Waals surface area (Å²) in [5, 5.41) is 3.35. The number of benzene rings is 2. The predicted octanol–water partition coefficient (Wildman–Crippen LogP) is 4.12. The number of hydrogen-bond donors (Lipinski definition) is 1. The third-order valence-corrected chi connectivity index (χ3v) is 6.68. The molecule has 0 unspecified atom stereocenters. The van der Waals surface area contributed by atoms with Gasteiger partial charge in [0, 0.05) is 37.1 Å². The van der Waals surface area contributed by atoms with Crippen molar-refractivity contribution in [1.82, 2.24) is 9.62 Å². The van der Waals surface area contributed by atoms with Crippen molar-refractivity contribution in [1.29, 1.82) is 0 Å². The third kappa shape index (κ3) is 5.72. The number of aryl methyl sites for hydroxylation is 1. The molecule has 0 saturated carbocycles. The maximum absolute atomic E-state index is 12.7. The van der Waals surface area contributed by atoms with E-state index in [-0.39, 0.29) is 17.3 Å². The average Bonchev–Trinajstić information content (AvgIpc) is 3.25. The zero-order valence-corrected chi connectivity index (χ0v) is 18.1. The normalized spacial score (nSPS) is 11.6. The standard InChI is InChI=1S/C22H23ClN2O4S/c1-25(30(27,28)21-12-10-19(23)11-13-21)16-17-6-8-18(9-7-17)22(26)24-14-2-4-20-5-3-15-29-20/h3,5-13,15H,2,4,14,16H2,1H3,(H,24,26). The van der Waals surface area contributed by atoms with E-state index in [1.807, 2.05) is 12.1 Å². The zero-order valence-electron chi connectivity index (χ0n) is 16.5. The second-order valence-corrected chi connectivity index (χ2v) is 9.33. The van der Waals surface area contributed by atoms with Crippen LogP contribution in [0.25, 0.3) is 0 Å². The Morgan fingerprint density at radius 1 is 1.07 bits per heavy atom. The lowest BCUT2D eigenvalue weighted by atomic mass is 10.1. The van der Waals surface area contributed by atoms with E-state index < -0.39 is 10.0 Å². The van der Waals surface area contributed by atoms with E-state index in [0.717, 1.165) is 24.2 Å². The van der Waals surface area contributed by atoms with Crippen LogP contribution in [0, 0.1) is 0 Å². The van der Waals surface area contributed by atoms with Crippen LogP contribution >= 0.6 is 11.6 Å². The molecule has 2 aromatic carbocycles. The highest BCUT2D eigenvalue weighted by molar-refractivity contribution is 7.89. The van der Waals surface area contributed by atoms with Crippen LogP contribution in [0.3, 0.4) is 0 Å². The van der Waals surface area contributed by atoms with Gasteiger partial charge < -0.3 is 9.73 Å². The molecule has 158 valence electrons. The molecule has 0 atom stereocenters. The molecule has 0 aliphatic rings. The highest BCUT2D eigenvalue weighted by Gasteiger charge is 2.20. The first kappa shape index (κ1) is 22.1. The van der Waals surface area contributed by atoms with Crippen LogP contribution in [-0.2, 0) is 23.0 Å². The average molecular weight is 447 g/mol. The number of halogens is 1. The lowest BCUT2D eigenvalue weighted by Crippen LogP contribution is -2.27. The third-order valence-electron chi connectivity index (χ3n) is 4.61. The molecule has 1 amide bonds. The van der Waals surface area contributed by atoms with E-state index in [9.17, 15) is 13.2 Å². The topological polar surface area (TPSA) is 79.6 Å². The SMILES string of the molecule is CN(Cc1ccc(C(=O)NCCCc2ccco2)cc1)S(=O)(=O)c1ccc(Cl)cc1. The van der Waals surface area contributed by atoms with Crippen molar-refractivity contribution in [3.63, 3.8) is 0 Å². The number of furan rings is 1. The quantitative estimate of drug-likeness (QED) is 0.501. The van der Waals surface area contributed by atoms with E-state index in [1.165, 1.54) is 23.5 Å². The molecule has 0 radical (unpaired) electrons. The van der Waals surface area contributed by atoms with Crippen LogP contribution in [0.1, 0.15) is 28.1 Å². The highest BCUT2D eigenvalue weighted by Crippen LogP contribution is 2.19. The molecule has 8 heteroatoms. The number of amides is 1. The highest BCUT2D eigenvalue weighted by atomic mass is 35.5. The van der Waals surface area contributed by atoms with E-state index in [1.54, 1.807) is 42.7 Å². The smallest absolute Gasteiger partial charge is 0.251 e. The van der Waals surface area contributed by atoms with Crippen LogP contribution in [0.2, 0.25) is 5.02 Å².